The zero-order valence-corrected chi connectivity index (χ0v) is 9.02. The van der Waals surface area contributed by atoms with Crippen molar-refractivity contribution in [1.29, 1.82) is 5.26 Å². The maximum absolute atomic E-state index is 10.3. The first-order valence-corrected chi connectivity index (χ1v) is 5.15. The largest absolute Gasteiger partial charge is 0.481 e. The van der Waals surface area contributed by atoms with Crippen LogP contribution >= 0.6 is 0 Å². The van der Waals surface area contributed by atoms with Gasteiger partial charge in [0.2, 0.25) is 0 Å². The molecule has 0 saturated heterocycles. The number of nitriles is 1. The van der Waals surface area contributed by atoms with Gasteiger partial charge in [-0.25, -0.2) is 0 Å². The Balaban J connectivity index is 3.66. The van der Waals surface area contributed by atoms with Gasteiger partial charge >= 0.3 is 5.97 Å². The van der Waals surface area contributed by atoms with Crippen LogP contribution in [0.1, 0.15) is 32.6 Å². The maximum atomic E-state index is 10.3. The Morgan fingerprint density at radius 2 is 2.27 bits per heavy atom. The van der Waals surface area contributed by atoms with E-state index in [-0.39, 0.29) is 12.3 Å². The van der Waals surface area contributed by atoms with Gasteiger partial charge in [-0.1, -0.05) is 13.3 Å². The number of rotatable bonds is 8. The van der Waals surface area contributed by atoms with Gasteiger partial charge in [0, 0.05) is 6.42 Å². The molecule has 0 aliphatic heterocycles. The standard InChI is InChI=1S/C10H17N3O2/c1-2-3-6-12-13-8-9(7-11)4-5-10(14)15/h9H,2-6,8H2,1H3,(H,14,15). The van der Waals surface area contributed by atoms with Crippen LogP contribution in [0.5, 0.6) is 0 Å². The molecule has 0 amide bonds. The lowest BCUT2D eigenvalue weighted by Crippen LogP contribution is -2.05. The zero-order valence-electron chi connectivity index (χ0n) is 9.02. The van der Waals surface area contributed by atoms with Gasteiger partial charge in [0.05, 0.1) is 25.1 Å². The lowest BCUT2D eigenvalue weighted by Gasteiger charge is -2.01. The van der Waals surface area contributed by atoms with Gasteiger partial charge in [0.15, 0.2) is 0 Å². The highest BCUT2D eigenvalue weighted by Gasteiger charge is 2.08. The Morgan fingerprint density at radius 3 is 2.80 bits per heavy atom. The smallest absolute Gasteiger partial charge is 0.303 e. The summed E-state index contributed by atoms with van der Waals surface area (Å²) in [7, 11) is 0. The van der Waals surface area contributed by atoms with Crippen LogP contribution in [0.2, 0.25) is 0 Å². The van der Waals surface area contributed by atoms with Crippen LogP contribution in [0.15, 0.2) is 10.2 Å². The minimum atomic E-state index is -0.877. The van der Waals surface area contributed by atoms with Crippen LogP contribution in [0.25, 0.3) is 0 Å². The average Bonchev–Trinajstić information content (AvgIpc) is 2.22. The highest BCUT2D eigenvalue weighted by molar-refractivity contribution is 5.66. The molecule has 5 heteroatoms. The number of aliphatic carboxylic acids is 1. The SMILES string of the molecule is CCCCN=NCC(C#N)CCC(=O)O. The fourth-order valence-electron chi connectivity index (χ4n) is 0.950. The predicted molar refractivity (Wildman–Crippen MR) is 55.5 cm³/mol. The van der Waals surface area contributed by atoms with Crippen LogP contribution in [0.4, 0.5) is 0 Å². The summed E-state index contributed by atoms with van der Waals surface area (Å²) in [5.74, 6) is -1.20. The molecule has 0 spiro atoms. The molecule has 1 unspecified atom stereocenters. The van der Waals surface area contributed by atoms with Gasteiger partial charge in [0.1, 0.15) is 0 Å². The average molecular weight is 211 g/mol. The molecule has 84 valence electrons. The Labute approximate surface area is 89.8 Å². The van der Waals surface area contributed by atoms with Crippen molar-refractivity contribution in [1.82, 2.24) is 0 Å². The Hall–Kier alpha value is -1.44. The maximum Gasteiger partial charge on any atom is 0.303 e. The number of azo groups is 1. The fraction of sp³-hybridized carbons (Fsp3) is 0.800. The number of nitrogens with zero attached hydrogens (tertiary/aromatic N) is 3. The number of unbranched alkanes of at least 4 members (excludes halogenated alkanes) is 1. The molecule has 0 aliphatic rings. The van der Waals surface area contributed by atoms with E-state index in [1.165, 1.54) is 0 Å². The number of carbonyl (C=O) groups is 1. The topological polar surface area (TPSA) is 85.8 Å². The Morgan fingerprint density at radius 1 is 1.53 bits per heavy atom. The van der Waals surface area contributed by atoms with Crippen LogP contribution in [-0.2, 0) is 4.79 Å². The second-order valence-electron chi connectivity index (χ2n) is 3.30. The summed E-state index contributed by atoms with van der Waals surface area (Å²) in [6.07, 6.45) is 2.43. The van der Waals surface area contributed by atoms with Crippen molar-refractivity contribution >= 4 is 5.97 Å². The summed E-state index contributed by atoms with van der Waals surface area (Å²) < 4.78 is 0. The van der Waals surface area contributed by atoms with E-state index in [4.69, 9.17) is 10.4 Å². The summed E-state index contributed by atoms with van der Waals surface area (Å²) in [5.41, 5.74) is 0. The van der Waals surface area contributed by atoms with Gasteiger partial charge < -0.3 is 5.11 Å². The first kappa shape index (κ1) is 13.6. The molecule has 0 rings (SSSR count). The molecular weight excluding hydrogens is 194 g/mol. The van der Waals surface area contributed by atoms with Crippen molar-refractivity contribution in [3.05, 3.63) is 0 Å². The summed E-state index contributed by atoms with van der Waals surface area (Å²) in [5, 5.41) is 24.9. The fourth-order valence-corrected chi connectivity index (χ4v) is 0.950. The number of hydrogen-bond donors (Lipinski definition) is 1. The number of carboxylic acids is 1. The number of hydrogen-bond acceptors (Lipinski definition) is 4. The molecule has 0 aliphatic carbocycles. The minimum Gasteiger partial charge on any atom is -0.481 e. The molecule has 0 aromatic carbocycles. The molecule has 0 heterocycles. The second kappa shape index (κ2) is 9.13. The van der Waals surface area contributed by atoms with Crippen molar-refractivity contribution in [3.63, 3.8) is 0 Å². The lowest BCUT2D eigenvalue weighted by molar-refractivity contribution is -0.137. The van der Waals surface area contributed by atoms with E-state index in [1.807, 2.05) is 6.07 Å². The first-order chi connectivity index (χ1) is 7.20. The zero-order chi connectivity index (χ0) is 11.5. The van der Waals surface area contributed by atoms with E-state index < -0.39 is 5.97 Å². The second-order valence-corrected chi connectivity index (χ2v) is 3.30. The van der Waals surface area contributed by atoms with E-state index >= 15 is 0 Å². The highest BCUT2D eigenvalue weighted by atomic mass is 16.4. The van der Waals surface area contributed by atoms with E-state index in [0.29, 0.717) is 19.5 Å². The summed E-state index contributed by atoms with van der Waals surface area (Å²) in [6, 6.07) is 2.03. The van der Waals surface area contributed by atoms with Crippen LogP contribution < -0.4 is 0 Å². The third kappa shape index (κ3) is 8.88. The lowest BCUT2D eigenvalue weighted by atomic mass is 10.1. The molecule has 0 aromatic rings. The third-order valence-corrected chi connectivity index (χ3v) is 1.90. The number of carboxylic acid groups (broad SMARTS) is 1. The van der Waals surface area contributed by atoms with Gasteiger partial charge in [-0.2, -0.15) is 15.5 Å². The molecule has 0 bridgehead atoms. The summed E-state index contributed by atoms with van der Waals surface area (Å²) >= 11 is 0. The molecule has 1 N–H and O–H groups in total. The van der Waals surface area contributed by atoms with Crippen molar-refractivity contribution in [2.75, 3.05) is 13.1 Å². The van der Waals surface area contributed by atoms with Crippen LogP contribution in [0.3, 0.4) is 0 Å². The third-order valence-electron chi connectivity index (χ3n) is 1.90. The van der Waals surface area contributed by atoms with Crippen molar-refractivity contribution in [3.8, 4) is 6.07 Å². The molecule has 0 radical (unpaired) electrons. The quantitative estimate of drug-likeness (QED) is 0.493. The van der Waals surface area contributed by atoms with Gasteiger partial charge in [-0.05, 0) is 12.8 Å². The van der Waals surface area contributed by atoms with E-state index in [2.05, 4.69) is 17.2 Å². The van der Waals surface area contributed by atoms with Crippen molar-refractivity contribution < 1.29 is 9.90 Å². The molecule has 0 fully saturated rings. The van der Waals surface area contributed by atoms with Gasteiger partial charge in [-0.3, -0.25) is 4.79 Å². The van der Waals surface area contributed by atoms with Gasteiger partial charge in [-0.15, -0.1) is 0 Å². The predicted octanol–water partition coefficient (Wildman–Crippen LogP) is 2.24. The molecule has 5 nitrogen and oxygen atoms in total. The minimum absolute atomic E-state index is 0.0166. The van der Waals surface area contributed by atoms with Gasteiger partial charge in [0.25, 0.3) is 0 Å². The Kier molecular flexibility index (Phi) is 8.25. The molecular formula is C10H17N3O2. The van der Waals surface area contributed by atoms with Crippen LogP contribution in [0, 0.1) is 17.2 Å². The van der Waals surface area contributed by atoms with E-state index in [1.54, 1.807) is 0 Å². The molecule has 1 atom stereocenters. The molecule has 0 aromatic heterocycles. The first-order valence-electron chi connectivity index (χ1n) is 5.15. The van der Waals surface area contributed by atoms with E-state index in [0.717, 1.165) is 12.8 Å². The highest BCUT2D eigenvalue weighted by Crippen LogP contribution is 2.06. The normalized spacial score (nSPS) is 12.5. The monoisotopic (exact) mass is 211 g/mol. The van der Waals surface area contributed by atoms with E-state index in [9.17, 15) is 4.79 Å². The van der Waals surface area contributed by atoms with Crippen LogP contribution in [-0.4, -0.2) is 24.2 Å². The van der Waals surface area contributed by atoms with Crippen molar-refractivity contribution in [2.45, 2.75) is 32.6 Å². The van der Waals surface area contributed by atoms with Crippen molar-refractivity contribution in [2.24, 2.45) is 16.1 Å². The Bertz CT molecular complexity index is 246. The summed E-state index contributed by atoms with van der Waals surface area (Å²) in [6.45, 7) is 3.07. The molecule has 0 saturated carbocycles. The molecule has 15 heavy (non-hydrogen) atoms. The summed E-state index contributed by atoms with van der Waals surface area (Å²) in [4.78, 5) is 10.3.